The molecule has 0 fully saturated rings. The molecule has 0 unspecified atom stereocenters. The number of carbonyl (C=O) groups excluding carboxylic acids is 3. The summed E-state index contributed by atoms with van der Waals surface area (Å²) in [7, 11) is 0. The van der Waals surface area contributed by atoms with Gasteiger partial charge in [-0.05, 0) is 0 Å². The fourth-order valence-electron chi connectivity index (χ4n) is 2.04. The molecule has 3 amide bonds. The third-order valence-electron chi connectivity index (χ3n) is 3.48. The van der Waals surface area contributed by atoms with Gasteiger partial charge in [-0.3, -0.25) is 0 Å². The molecule has 0 saturated heterocycles. The molecule has 0 rings (SSSR count). The number of hydrogen-bond acceptors (Lipinski definition) is 5. The number of rotatable bonds is 12. The van der Waals surface area contributed by atoms with Gasteiger partial charge in [-0.1, -0.05) is 0 Å². The maximum atomic E-state index is 12.2. The monoisotopic (exact) mass is 438 g/mol. The Morgan fingerprint density at radius 2 is 1.69 bits per heavy atom. The summed E-state index contributed by atoms with van der Waals surface area (Å²) in [6.45, 7) is 4.94. The van der Waals surface area contributed by atoms with E-state index in [4.69, 9.17) is 10.8 Å². The Hall–Kier alpha value is -1.64. The third kappa shape index (κ3) is 10.4. The molecule has 0 aromatic rings. The summed E-state index contributed by atoms with van der Waals surface area (Å²) in [5.41, 5.74) is 5.74. The summed E-state index contributed by atoms with van der Waals surface area (Å²) in [6.07, 6.45) is 0.908. The first-order valence-corrected chi connectivity index (χ1v) is 11.4. The zero-order valence-electron chi connectivity index (χ0n) is 15.7. The molecule has 0 aliphatic rings. The number of amides is 3. The fourth-order valence-corrected chi connectivity index (χ4v) is 3.03. The van der Waals surface area contributed by atoms with Crippen LogP contribution in [0.5, 0.6) is 0 Å². The zero-order valence-corrected chi connectivity index (χ0v) is 17.4. The Balaban J connectivity index is 4.60. The van der Waals surface area contributed by atoms with Gasteiger partial charge in [0.1, 0.15) is 0 Å². The molecule has 9 nitrogen and oxygen atoms in total. The second-order valence-electron chi connectivity index (χ2n) is 6.42. The first-order valence-electron chi connectivity index (χ1n) is 8.43. The average Bonchev–Trinajstić information content (AvgIpc) is 2.55. The third-order valence-corrected chi connectivity index (χ3v) is 4.83. The molecule has 150 valence electrons. The molecule has 0 aromatic heterocycles. The SMILES string of the molecule is C[Se]CC[C@H](NC(=O)CNC(=O)[C@@H](N)CC(C)C)C(=O)N[C@@H](C)C(=O)O. The van der Waals surface area contributed by atoms with Crippen LogP contribution in [-0.2, 0) is 19.2 Å². The number of nitrogens with one attached hydrogen (secondary N) is 3. The number of aliphatic carboxylic acids is 1. The summed E-state index contributed by atoms with van der Waals surface area (Å²) in [6, 6.07) is -2.59. The second kappa shape index (κ2) is 12.7. The molecule has 0 radical (unpaired) electrons. The zero-order chi connectivity index (χ0) is 20.3. The molecule has 6 N–H and O–H groups in total. The van der Waals surface area contributed by atoms with Gasteiger partial charge in [-0.25, -0.2) is 0 Å². The summed E-state index contributed by atoms with van der Waals surface area (Å²) < 4.78 is 0. The molecule has 3 atom stereocenters. The van der Waals surface area contributed by atoms with E-state index in [-0.39, 0.29) is 12.5 Å². The van der Waals surface area contributed by atoms with Crippen LogP contribution in [0.25, 0.3) is 0 Å². The van der Waals surface area contributed by atoms with Crippen LogP contribution in [0.3, 0.4) is 0 Å². The van der Waals surface area contributed by atoms with E-state index in [1.165, 1.54) is 6.92 Å². The van der Waals surface area contributed by atoms with Crippen molar-refractivity contribution in [3.63, 3.8) is 0 Å². The Morgan fingerprint density at radius 1 is 1.08 bits per heavy atom. The van der Waals surface area contributed by atoms with Crippen LogP contribution in [0.4, 0.5) is 0 Å². The second-order valence-corrected chi connectivity index (χ2v) is 8.49. The predicted octanol–water partition coefficient (Wildman–Crippen LogP) is -0.889. The number of nitrogens with two attached hydrogens (primary N) is 1. The van der Waals surface area contributed by atoms with Gasteiger partial charge in [0.05, 0.1) is 0 Å². The molecule has 26 heavy (non-hydrogen) atoms. The van der Waals surface area contributed by atoms with Gasteiger partial charge in [-0.2, -0.15) is 0 Å². The van der Waals surface area contributed by atoms with Crippen molar-refractivity contribution in [2.75, 3.05) is 6.54 Å². The van der Waals surface area contributed by atoms with Crippen LogP contribution in [0.1, 0.15) is 33.6 Å². The van der Waals surface area contributed by atoms with Gasteiger partial charge < -0.3 is 0 Å². The Labute approximate surface area is 160 Å². The predicted molar refractivity (Wildman–Crippen MR) is 98.7 cm³/mol. The minimum absolute atomic E-state index is 0.254. The van der Waals surface area contributed by atoms with Crippen molar-refractivity contribution in [2.45, 2.75) is 62.9 Å². The van der Waals surface area contributed by atoms with Crippen molar-refractivity contribution in [3.05, 3.63) is 0 Å². The molecule has 0 spiro atoms. The molecule has 0 saturated carbocycles. The van der Waals surface area contributed by atoms with Gasteiger partial charge in [0.25, 0.3) is 0 Å². The molecule has 0 bridgehead atoms. The Bertz CT molecular complexity index is 501. The number of carbonyl (C=O) groups is 4. The van der Waals surface area contributed by atoms with Gasteiger partial charge in [0.15, 0.2) is 0 Å². The quantitative estimate of drug-likeness (QED) is 0.250. The molecule has 0 heterocycles. The van der Waals surface area contributed by atoms with Crippen molar-refractivity contribution in [2.24, 2.45) is 11.7 Å². The molecule has 0 aliphatic carbocycles. The van der Waals surface area contributed by atoms with Crippen molar-refractivity contribution in [1.82, 2.24) is 16.0 Å². The average molecular weight is 437 g/mol. The number of carboxylic acid groups (broad SMARTS) is 1. The first kappa shape index (κ1) is 24.4. The van der Waals surface area contributed by atoms with Crippen LogP contribution in [0.2, 0.25) is 11.1 Å². The van der Waals surface area contributed by atoms with E-state index in [1.807, 2.05) is 19.7 Å². The van der Waals surface area contributed by atoms with E-state index in [0.717, 1.165) is 5.32 Å². The van der Waals surface area contributed by atoms with Crippen LogP contribution in [0.15, 0.2) is 0 Å². The summed E-state index contributed by atoms with van der Waals surface area (Å²) in [5.74, 6) is -0.410. The van der Waals surface area contributed by atoms with Gasteiger partial charge in [-0.15, -0.1) is 0 Å². The van der Waals surface area contributed by atoms with Gasteiger partial charge >= 0.3 is 160 Å². The van der Waals surface area contributed by atoms with E-state index in [1.54, 1.807) is 0 Å². The topological polar surface area (TPSA) is 151 Å². The molecule has 0 aliphatic heterocycles. The Kier molecular flexibility index (Phi) is 11.9. The standard InChI is InChI=1S/C16H30N4O5Se/c1-9(2)7-11(17)14(22)18-8-13(21)20-12(5-6-26-4)15(23)19-10(3)16(24)25/h9-12H,5-8,17H2,1-4H3,(H,18,22)(H,19,23)(H,20,21)(H,24,25)/t10-,11-,12-/m0/s1. The number of carboxylic acids is 1. The van der Waals surface area contributed by atoms with Crippen LogP contribution in [-0.4, -0.2) is 68.4 Å². The maximum absolute atomic E-state index is 12.2. The normalized spacial score (nSPS) is 14.2. The summed E-state index contributed by atoms with van der Waals surface area (Å²) in [5, 5.41) is 17.0. The minimum atomic E-state index is -1.16. The van der Waals surface area contributed by atoms with Crippen molar-refractivity contribution >= 4 is 38.6 Å². The van der Waals surface area contributed by atoms with Gasteiger partial charge in [0, 0.05) is 0 Å². The van der Waals surface area contributed by atoms with E-state index >= 15 is 0 Å². The number of hydrogen-bond donors (Lipinski definition) is 5. The molecular formula is C16H30N4O5Se. The van der Waals surface area contributed by atoms with E-state index < -0.39 is 41.8 Å². The van der Waals surface area contributed by atoms with Crippen LogP contribution < -0.4 is 21.7 Å². The summed E-state index contributed by atoms with van der Waals surface area (Å²) in [4.78, 5) is 46.9. The van der Waals surface area contributed by atoms with Crippen LogP contribution >= 0.6 is 0 Å². The van der Waals surface area contributed by atoms with E-state index in [0.29, 0.717) is 27.8 Å². The van der Waals surface area contributed by atoms with Gasteiger partial charge in [0.2, 0.25) is 0 Å². The first-order chi connectivity index (χ1) is 12.1. The molecule has 0 aromatic carbocycles. The van der Waals surface area contributed by atoms with E-state index in [2.05, 4.69) is 16.0 Å². The van der Waals surface area contributed by atoms with Crippen LogP contribution in [0, 0.1) is 5.92 Å². The fraction of sp³-hybridized carbons (Fsp3) is 0.750. The van der Waals surface area contributed by atoms with Crippen molar-refractivity contribution in [3.8, 4) is 0 Å². The van der Waals surface area contributed by atoms with Crippen molar-refractivity contribution < 1.29 is 24.3 Å². The summed E-state index contributed by atoms with van der Waals surface area (Å²) >= 11 is 0.305. The molecule has 10 heteroatoms. The molecular weight excluding hydrogens is 407 g/mol. The van der Waals surface area contributed by atoms with E-state index in [9.17, 15) is 19.2 Å². The van der Waals surface area contributed by atoms with Crippen molar-refractivity contribution in [1.29, 1.82) is 0 Å². The Morgan fingerprint density at radius 3 is 2.19 bits per heavy atom.